The Morgan fingerprint density at radius 2 is 1.79 bits per heavy atom. The molecular formula is C14H12N4O. The van der Waals surface area contributed by atoms with E-state index in [9.17, 15) is 5.11 Å². The Morgan fingerprint density at radius 3 is 2.53 bits per heavy atom. The summed E-state index contributed by atoms with van der Waals surface area (Å²) >= 11 is 0. The molecule has 0 fully saturated rings. The summed E-state index contributed by atoms with van der Waals surface area (Å²) in [5.41, 5.74) is 3.66. The third-order valence-corrected chi connectivity index (χ3v) is 2.99. The fourth-order valence-electron chi connectivity index (χ4n) is 2.01. The van der Waals surface area contributed by atoms with E-state index in [0.717, 1.165) is 10.8 Å². The lowest BCUT2D eigenvalue weighted by molar-refractivity contribution is 0.483. The Morgan fingerprint density at radius 1 is 0.947 bits per heavy atom. The van der Waals surface area contributed by atoms with Gasteiger partial charge in [0.15, 0.2) is 5.82 Å². The summed E-state index contributed by atoms with van der Waals surface area (Å²) in [6.07, 6.45) is 0. The molecule has 0 aliphatic rings. The molecule has 0 unspecified atom stereocenters. The van der Waals surface area contributed by atoms with Gasteiger partial charge in [-0.15, -0.1) is 10.2 Å². The molecule has 0 atom stereocenters. The molecule has 5 heteroatoms. The zero-order valence-corrected chi connectivity index (χ0v) is 10.0. The van der Waals surface area contributed by atoms with Crippen LogP contribution in [0, 0.1) is 0 Å². The number of nitrogen functional groups attached to an aromatic ring is 1. The van der Waals surface area contributed by atoms with Crippen LogP contribution in [0.2, 0.25) is 0 Å². The summed E-state index contributed by atoms with van der Waals surface area (Å²) in [7, 11) is 0. The average molecular weight is 252 g/mol. The van der Waals surface area contributed by atoms with E-state index in [1.165, 1.54) is 0 Å². The van der Waals surface area contributed by atoms with Crippen molar-refractivity contribution in [2.24, 2.45) is 5.84 Å². The Balaban J connectivity index is 2.16. The first-order chi connectivity index (χ1) is 9.29. The van der Waals surface area contributed by atoms with Crippen molar-refractivity contribution >= 4 is 16.6 Å². The molecular weight excluding hydrogens is 240 g/mol. The van der Waals surface area contributed by atoms with E-state index in [4.69, 9.17) is 5.84 Å². The number of rotatable bonds is 2. The van der Waals surface area contributed by atoms with E-state index in [-0.39, 0.29) is 5.75 Å². The van der Waals surface area contributed by atoms with Gasteiger partial charge in [0.1, 0.15) is 5.75 Å². The molecule has 0 aliphatic carbocycles. The first kappa shape index (κ1) is 11.4. The van der Waals surface area contributed by atoms with Crippen LogP contribution >= 0.6 is 0 Å². The van der Waals surface area contributed by atoms with Gasteiger partial charge in [-0.3, -0.25) is 0 Å². The molecule has 4 N–H and O–H groups in total. The van der Waals surface area contributed by atoms with E-state index in [0.29, 0.717) is 17.1 Å². The van der Waals surface area contributed by atoms with Gasteiger partial charge in [-0.05, 0) is 23.6 Å². The van der Waals surface area contributed by atoms with Crippen LogP contribution in [0.4, 0.5) is 5.82 Å². The molecule has 0 spiro atoms. The van der Waals surface area contributed by atoms with Crippen molar-refractivity contribution in [3.63, 3.8) is 0 Å². The van der Waals surface area contributed by atoms with Gasteiger partial charge >= 0.3 is 0 Å². The first-order valence-corrected chi connectivity index (χ1v) is 5.81. The van der Waals surface area contributed by atoms with Gasteiger partial charge in [-0.25, -0.2) is 5.84 Å². The lowest BCUT2D eigenvalue weighted by Crippen LogP contribution is -2.09. The van der Waals surface area contributed by atoms with Crippen molar-refractivity contribution < 1.29 is 5.11 Å². The van der Waals surface area contributed by atoms with Crippen LogP contribution in [-0.2, 0) is 0 Å². The lowest BCUT2D eigenvalue weighted by atomic mass is 10.0. The number of anilines is 1. The minimum Gasteiger partial charge on any atom is -0.507 e. The highest BCUT2D eigenvalue weighted by molar-refractivity contribution is 5.94. The highest BCUT2D eigenvalue weighted by Crippen LogP contribution is 2.34. The molecule has 1 heterocycles. The molecule has 0 radical (unpaired) electrons. The Labute approximate surface area is 109 Å². The Kier molecular flexibility index (Phi) is 2.74. The second kappa shape index (κ2) is 4.55. The van der Waals surface area contributed by atoms with Crippen molar-refractivity contribution in [1.82, 2.24) is 10.2 Å². The maximum atomic E-state index is 10.3. The summed E-state index contributed by atoms with van der Waals surface area (Å²) in [5, 5.41) is 20.0. The minimum atomic E-state index is 0.209. The molecule has 3 aromatic rings. The van der Waals surface area contributed by atoms with Crippen LogP contribution in [0.1, 0.15) is 0 Å². The number of nitrogens with two attached hydrogens (primary N) is 1. The SMILES string of the molecule is NNc1ccc(-c2ccc3ccccc3c2O)nn1. The molecule has 3 rings (SSSR count). The van der Waals surface area contributed by atoms with Crippen molar-refractivity contribution in [2.45, 2.75) is 0 Å². The van der Waals surface area contributed by atoms with Crippen LogP contribution < -0.4 is 11.3 Å². The number of fused-ring (bicyclic) bond motifs is 1. The standard InChI is InChI=1S/C14H12N4O/c15-16-13-8-7-12(17-18-13)11-6-5-9-3-1-2-4-10(9)14(11)19/h1-8,19H,15H2,(H,16,18). The molecule has 94 valence electrons. The highest BCUT2D eigenvalue weighted by Gasteiger charge is 2.09. The fourth-order valence-corrected chi connectivity index (χ4v) is 2.01. The second-order valence-corrected chi connectivity index (χ2v) is 4.13. The van der Waals surface area contributed by atoms with Crippen LogP contribution in [0.15, 0.2) is 48.5 Å². The van der Waals surface area contributed by atoms with E-state index in [1.807, 2.05) is 36.4 Å². The number of hydrazine groups is 1. The quantitative estimate of drug-likeness (QED) is 0.481. The summed E-state index contributed by atoms with van der Waals surface area (Å²) in [5.74, 6) is 5.93. The molecule has 2 aromatic carbocycles. The van der Waals surface area contributed by atoms with Crippen LogP contribution in [0.3, 0.4) is 0 Å². The molecule has 0 amide bonds. The van der Waals surface area contributed by atoms with E-state index < -0.39 is 0 Å². The number of phenolic OH excluding ortho intramolecular Hbond substituents is 1. The summed E-state index contributed by atoms with van der Waals surface area (Å²) < 4.78 is 0. The van der Waals surface area contributed by atoms with Gasteiger partial charge in [0, 0.05) is 10.9 Å². The zero-order valence-electron chi connectivity index (χ0n) is 10.0. The molecule has 0 bridgehead atoms. The smallest absolute Gasteiger partial charge is 0.162 e. The van der Waals surface area contributed by atoms with Crippen molar-refractivity contribution in [3.8, 4) is 17.0 Å². The maximum Gasteiger partial charge on any atom is 0.162 e. The lowest BCUT2D eigenvalue weighted by Gasteiger charge is -2.07. The largest absolute Gasteiger partial charge is 0.507 e. The number of aromatic nitrogens is 2. The third kappa shape index (κ3) is 1.96. The van der Waals surface area contributed by atoms with Gasteiger partial charge in [0.05, 0.1) is 5.69 Å². The van der Waals surface area contributed by atoms with Crippen molar-refractivity contribution in [1.29, 1.82) is 0 Å². The number of benzene rings is 2. The maximum absolute atomic E-state index is 10.3. The fraction of sp³-hybridized carbons (Fsp3) is 0. The number of aromatic hydroxyl groups is 1. The summed E-state index contributed by atoms with van der Waals surface area (Å²) in [6, 6.07) is 14.9. The normalized spacial score (nSPS) is 10.6. The predicted octanol–water partition coefficient (Wildman–Crippen LogP) is 2.29. The first-order valence-electron chi connectivity index (χ1n) is 5.81. The highest BCUT2D eigenvalue weighted by atomic mass is 16.3. The zero-order chi connectivity index (χ0) is 13.2. The van der Waals surface area contributed by atoms with Gasteiger partial charge in [0.2, 0.25) is 0 Å². The van der Waals surface area contributed by atoms with E-state index >= 15 is 0 Å². The third-order valence-electron chi connectivity index (χ3n) is 2.99. The second-order valence-electron chi connectivity index (χ2n) is 4.13. The summed E-state index contributed by atoms with van der Waals surface area (Å²) in [4.78, 5) is 0. The molecule has 0 saturated heterocycles. The number of hydrogen-bond donors (Lipinski definition) is 3. The van der Waals surface area contributed by atoms with Crippen molar-refractivity contribution in [3.05, 3.63) is 48.5 Å². The number of hydrogen-bond acceptors (Lipinski definition) is 5. The Bertz CT molecular complexity index is 725. The molecule has 5 nitrogen and oxygen atoms in total. The Hall–Kier alpha value is -2.66. The molecule has 1 aromatic heterocycles. The van der Waals surface area contributed by atoms with Crippen molar-refractivity contribution in [2.75, 3.05) is 5.43 Å². The predicted molar refractivity (Wildman–Crippen MR) is 74.4 cm³/mol. The monoisotopic (exact) mass is 252 g/mol. The summed E-state index contributed by atoms with van der Waals surface area (Å²) in [6.45, 7) is 0. The van der Waals surface area contributed by atoms with E-state index in [2.05, 4.69) is 15.6 Å². The minimum absolute atomic E-state index is 0.209. The van der Waals surface area contributed by atoms with Gasteiger partial charge in [0.25, 0.3) is 0 Å². The van der Waals surface area contributed by atoms with E-state index in [1.54, 1.807) is 12.1 Å². The molecule has 0 aliphatic heterocycles. The number of nitrogens with zero attached hydrogens (tertiary/aromatic N) is 2. The van der Waals surface area contributed by atoms with Crippen LogP contribution in [0.25, 0.3) is 22.0 Å². The van der Waals surface area contributed by atoms with Crippen LogP contribution in [-0.4, -0.2) is 15.3 Å². The number of phenols is 1. The molecule has 19 heavy (non-hydrogen) atoms. The number of nitrogens with one attached hydrogen (secondary N) is 1. The molecule has 0 saturated carbocycles. The average Bonchev–Trinajstić information content (AvgIpc) is 2.48. The van der Waals surface area contributed by atoms with Crippen LogP contribution in [0.5, 0.6) is 5.75 Å². The van der Waals surface area contributed by atoms with Gasteiger partial charge in [-0.1, -0.05) is 30.3 Å². The van der Waals surface area contributed by atoms with Gasteiger partial charge < -0.3 is 10.5 Å². The van der Waals surface area contributed by atoms with Gasteiger partial charge in [-0.2, -0.15) is 0 Å². The topological polar surface area (TPSA) is 84.1 Å².